The summed E-state index contributed by atoms with van der Waals surface area (Å²) in [6, 6.07) is 23.0. The minimum Gasteiger partial charge on any atom is -0.332 e. The van der Waals surface area contributed by atoms with E-state index in [1.54, 1.807) is 0 Å². The van der Waals surface area contributed by atoms with E-state index < -0.39 is 11.7 Å². The van der Waals surface area contributed by atoms with Crippen LogP contribution in [0.5, 0.6) is 0 Å². The van der Waals surface area contributed by atoms with E-state index in [4.69, 9.17) is 12.2 Å². The molecule has 0 heterocycles. The van der Waals surface area contributed by atoms with E-state index >= 15 is 0 Å². The van der Waals surface area contributed by atoms with Gasteiger partial charge in [0.25, 0.3) is 5.91 Å². The van der Waals surface area contributed by atoms with Crippen LogP contribution in [0.4, 0.5) is 10.1 Å². The summed E-state index contributed by atoms with van der Waals surface area (Å²) in [6.07, 6.45) is 0. The Labute approximate surface area is 150 Å². The summed E-state index contributed by atoms with van der Waals surface area (Å²) in [7, 11) is 0. The summed E-state index contributed by atoms with van der Waals surface area (Å²) >= 11 is 5.15. The van der Waals surface area contributed by atoms with Gasteiger partial charge in [0.15, 0.2) is 5.11 Å². The molecule has 0 radical (unpaired) electrons. The lowest BCUT2D eigenvalue weighted by molar-refractivity contribution is 0.0977. The van der Waals surface area contributed by atoms with Crippen LogP contribution < -0.4 is 10.6 Å². The lowest BCUT2D eigenvalue weighted by Crippen LogP contribution is -2.34. The van der Waals surface area contributed by atoms with Crippen molar-refractivity contribution in [3.8, 4) is 11.1 Å². The van der Waals surface area contributed by atoms with Crippen LogP contribution in [0.15, 0.2) is 78.9 Å². The Bertz CT molecular complexity index is 878. The van der Waals surface area contributed by atoms with Crippen LogP contribution in [-0.2, 0) is 0 Å². The van der Waals surface area contributed by atoms with Crippen molar-refractivity contribution in [2.24, 2.45) is 0 Å². The molecule has 0 aliphatic carbocycles. The second-order valence-electron chi connectivity index (χ2n) is 5.36. The molecule has 3 rings (SSSR count). The lowest BCUT2D eigenvalue weighted by Gasteiger charge is -2.10. The molecule has 3 aromatic rings. The molecule has 2 N–H and O–H groups in total. The van der Waals surface area contributed by atoms with Gasteiger partial charge in [0.1, 0.15) is 5.82 Å². The van der Waals surface area contributed by atoms with Crippen molar-refractivity contribution < 1.29 is 9.18 Å². The predicted molar refractivity (Wildman–Crippen MR) is 102 cm³/mol. The molecule has 0 aliphatic rings. The minimum atomic E-state index is -0.393. The third-order valence-corrected chi connectivity index (χ3v) is 3.79. The van der Waals surface area contributed by atoms with Gasteiger partial charge >= 0.3 is 0 Å². The molecule has 0 aliphatic heterocycles. The summed E-state index contributed by atoms with van der Waals surface area (Å²) in [6.45, 7) is 0. The molecule has 0 saturated heterocycles. The summed E-state index contributed by atoms with van der Waals surface area (Å²) in [5, 5.41) is 5.71. The second-order valence-corrected chi connectivity index (χ2v) is 5.77. The van der Waals surface area contributed by atoms with E-state index in [0.717, 1.165) is 16.8 Å². The van der Waals surface area contributed by atoms with Crippen molar-refractivity contribution in [3.05, 3.63) is 90.2 Å². The van der Waals surface area contributed by atoms with Crippen LogP contribution >= 0.6 is 12.2 Å². The molecule has 0 fully saturated rings. The van der Waals surface area contributed by atoms with E-state index in [2.05, 4.69) is 10.6 Å². The standard InChI is InChI=1S/C20H15FN2OS/c21-17-10-6-16(7-11-17)19(24)23-20(25)22-18-12-8-15(9-13-18)14-4-2-1-3-5-14/h1-13H,(H2,22,23,24,25). The number of hydrogen-bond acceptors (Lipinski definition) is 2. The molecule has 5 heteroatoms. The number of anilines is 1. The van der Waals surface area contributed by atoms with Crippen LogP contribution in [0.3, 0.4) is 0 Å². The lowest BCUT2D eigenvalue weighted by atomic mass is 10.1. The van der Waals surface area contributed by atoms with Crippen molar-refractivity contribution in [2.45, 2.75) is 0 Å². The van der Waals surface area contributed by atoms with Crippen molar-refractivity contribution in [1.29, 1.82) is 0 Å². The smallest absolute Gasteiger partial charge is 0.257 e. The van der Waals surface area contributed by atoms with Gasteiger partial charge in [-0.2, -0.15) is 0 Å². The van der Waals surface area contributed by atoms with Crippen molar-refractivity contribution >= 4 is 28.9 Å². The number of carbonyl (C=O) groups is 1. The highest BCUT2D eigenvalue weighted by Crippen LogP contribution is 2.20. The third kappa shape index (κ3) is 4.49. The van der Waals surface area contributed by atoms with Gasteiger partial charge in [-0.25, -0.2) is 4.39 Å². The van der Waals surface area contributed by atoms with E-state index in [1.165, 1.54) is 24.3 Å². The van der Waals surface area contributed by atoms with Crippen molar-refractivity contribution in [3.63, 3.8) is 0 Å². The SMILES string of the molecule is O=C(NC(=S)Nc1ccc(-c2ccccc2)cc1)c1ccc(F)cc1. The Morgan fingerprint density at radius 2 is 1.40 bits per heavy atom. The van der Waals surface area contributed by atoms with Gasteiger partial charge in [-0.3, -0.25) is 10.1 Å². The van der Waals surface area contributed by atoms with E-state index in [-0.39, 0.29) is 5.11 Å². The number of thiocarbonyl (C=S) groups is 1. The van der Waals surface area contributed by atoms with E-state index in [9.17, 15) is 9.18 Å². The molecule has 0 aromatic heterocycles. The van der Waals surface area contributed by atoms with Gasteiger partial charge in [-0.15, -0.1) is 0 Å². The first-order valence-electron chi connectivity index (χ1n) is 7.65. The summed E-state index contributed by atoms with van der Waals surface area (Å²) in [5.74, 6) is -0.783. The molecule has 124 valence electrons. The van der Waals surface area contributed by atoms with E-state index in [0.29, 0.717) is 5.56 Å². The van der Waals surface area contributed by atoms with Gasteiger partial charge in [0, 0.05) is 11.3 Å². The van der Waals surface area contributed by atoms with Crippen LogP contribution in [0.1, 0.15) is 10.4 Å². The molecule has 3 nitrogen and oxygen atoms in total. The minimum absolute atomic E-state index is 0.182. The van der Waals surface area contributed by atoms with Gasteiger partial charge in [0.2, 0.25) is 0 Å². The summed E-state index contributed by atoms with van der Waals surface area (Å²) in [5.41, 5.74) is 3.32. The van der Waals surface area contributed by atoms with Crippen LogP contribution in [0, 0.1) is 5.82 Å². The molecule has 0 bridgehead atoms. The maximum Gasteiger partial charge on any atom is 0.257 e. The zero-order valence-corrected chi connectivity index (χ0v) is 14.0. The first-order valence-corrected chi connectivity index (χ1v) is 8.06. The molecular formula is C20H15FN2OS. The van der Waals surface area contributed by atoms with Gasteiger partial charge < -0.3 is 5.32 Å². The molecule has 25 heavy (non-hydrogen) atoms. The molecular weight excluding hydrogens is 335 g/mol. The number of amides is 1. The van der Waals surface area contributed by atoms with Crippen molar-refractivity contribution in [1.82, 2.24) is 5.32 Å². The van der Waals surface area contributed by atoms with Gasteiger partial charge in [-0.1, -0.05) is 42.5 Å². The van der Waals surface area contributed by atoms with Crippen molar-refractivity contribution in [2.75, 3.05) is 5.32 Å². The number of rotatable bonds is 3. The zero-order valence-electron chi connectivity index (χ0n) is 13.2. The Morgan fingerprint density at radius 3 is 2.04 bits per heavy atom. The summed E-state index contributed by atoms with van der Waals surface area (Å²) < 4.78 is 12.9. The maximum atomic E-state index is 12.9. The third-order valence-electron chi connectivity index (χ3n) is 3.58. The molecule has 3 aromatic carbocycles. The van der Waals surface area contributed by atoms with Gasteiger partial charge in [-0.05, 0) is 59.7 Å². The Balaban J connectivity index is 1.61. The highest BCUT2D eigenvalue weighted by molar-refractivity contribution is 7.80. The van der Waals surface area contributed by atoms with E-state index in [1.807, 2.05) is 54.6 Å². The number of halogens is 1. The second kappa shape index (κ2) is 7.68. The monoisotopic (exact) mass is 350 g/mol. The number of nitrogens with one attached hydrogen (secondary N) is 2. The topological polar surface area (TPSA) is 41.1 Å². The molecule has 0 spiro atoms. The Hall–Kier alpha value is -3.05. The first-order chi connectivity index (χ1) is 12.1. The van der Waals surface area contributed by atoms with Crippen LogP contribution in [-0.4, -0.2) is 11.0 Å². The molecule has 0 saturated carbocycles. The fourth-order valence-electron chi connectivity index (χ4n) is 2.32. The Kier molecular flexibility index (Phi) is 5.16. The highest BCUT2D eigenvalue weighted by atomic mass is 32.1. The largest absolute Gasteiger partial charge is 0.332 e. The first kappa shape index (κ1) is 16.8. The number of hydrogen-bond donors (Lipinski definition) is 2. The maximum absolute atomic E-state index is 12.9. The molecule has 0 atom stereocenters. The normalized spacial score (nSPS) is 10.1. The fraction of sp³-hybridized carbons (Fsp3) is 0. The average Bonchev–Trinajstić information content (AvgIpc) is 2.63. The fourth-order valence-corrected chi connectivity index (χ4v) is 2.53. The number of carbonyl (C=O) groups excluding carboxylic acids is 1. The van der Waals surface area contributed by atoms with Gasteiger partial charge in [0.05, 0.1) is 0 Å². The number of benzene rings is 3. The van der Waals surface area contributed by atoms with Crippen LogP contribution in [0.2, 0.25) is 0 Å². The zero-order chi connectivity index (χ0) is 17.6. The molecule has 0 unspecified atom stereocenters. The molecule has 1 amide bonds. The Morgan fingerprint density at radius 1 is 0.800 bits per heavy atom. The predicted octanol–water partition coefficient (Wildman–Crippen LogP) is 4.62. The quantitative estimate of drug-likeness (QED) is 0.677. The highest BCUT2D eigenvalue weighted by Gasteiger charge is 2.08. The average molecular weight is 350 g/mol. The van der Waals surface area contributed by atoms with Crippen LogP contribution in [0.25, 0.3) is 11.1 Å². The summed E-state index contributed by atoms with van der Waals surface area (Å²) in [4.78, 5) is 12.0.